The number of imide groups is 1. The van der Waals surface area contributed by atoms with E-state index in [1.807, 2.05) is 0 Å². The van der Waals surface area contributed by atoms with Gasteiger partial charge in [-0.05, 0) is 19.8 Å². The van der Waals surface area contributed by atoms with Crippen molar-refractivity contribution in [1.29, 1.82) is 0 Å². The Morgan fingerprint density at radius 1 is 1.38 bits per heavy atom. The normalized spacial score (nSPS) is 34.5. The highest BCUT2D eigenvalue weighted by Crippen LogP contribution is 2.41. The zero-order valence-electron chi connectivity index (χ0n) is 7.69. The lowest BCUT2D eigenvalue weighted by atomic mass is 9.70. The molecule has 13 heavy (non-hydrogen) atoms. The average Bonchev–Trinajstić information content (AvgIpc) is 1.93. The van der Waals surface area contributed by atoms with Crippen molar-refractivity contribution in [1.82, 2.24) is 4.90 Å². The van der Waals surface area contributed by atoms with Gasteiger partial charge in [0, 0.05) is 24.4 Å². The van der Waals surface area contributed by atoms with Gasteiger partial charge in [-0.3, -0.25) is 14.5 Å². The van der Waals surface area contributed by atoms with E-state index in [1.165, 1.54) is 4.90 Å². The second kappa shape index (κ2) is 2.80. The highest BCUT2D eigenvalue weighted by molar-refractivity contribution is 6.02. The summed E-state index contributed by atoms with van der Waals surface area (Å²) in [6.07, 6.45) is 1.54. The number of hydrogen-bond acceptors (Lipinski definition) is 3. The molecule has 72 valence electrons. The molecular weight excluding hydrogens is 168 g/mol. The lowest BCUT2D eigenvalue weighted by Gasteiger charge is -2.44. The zero-order valence-corrected chi connectivity index (χ0v) is 7.69. The Morgan fingerprint density at radius 2 is 1.85 bits per heavy atom. The molecule has 1 atom stereocenters. The van der Waals surface area contributed by atoms with Gasteiger partial charge >= 0.3 is 0 Å². The van der Waals surface area contributed by atoms with E-state index in [0.29, 0.717) is 6.54 Å². The van der Waals surface area contributed by atoms with E-state index in [1.54, 1.807) is 6.92 Å². The monoisotopic (exact) mass is 182 g/mol. The molecular formula is C9H14N2O2. The molecule has 1 unspecified atom stereocenters. The number of nitrogens with two attached hydrogens (primary N) is 1. The summed E-state index contributed by atoms with van der Waals surface area (Å²) in [5, 5.41) is 0. The largest absolute Gasteiger partial charge is 0.326 e. The van der Waals surface area contributed by atoms with Crippen LogP contribution < -0.4 is 5.73 Å². The SMILES string of the molecule is CC(N)CN1C(=O)C2CC(C2)C1=O. The van der Waals surface area contributed by atoms with Crippen LogP contribution >= 0.6 is 0 Å². The van der Waals surface area contributed by atoms with Gasteiger partial charge < -0.3 is 5.73 Å². The summed E-state index contributed by atoms with van der Waals surface area (Å²) < 4.78 is 0. The summed E-state index contributed by atoms with van der Waals surface area (Å²) >= 11 is 0. The number of amides is 2. The van der Waals surface area contributed by atoms with Crippen molar-refractivity contribution in [3.8, 4) is 0 Å². The second-order valence-electron chi connectivity index (χ2n) is 4.13. The van der Waals surface area contributed by atoms with Gasteiger partial charge in [-0.1, -0.05) is 0 Å². The standard InChI is InChI=1S/C9H14N2O2/c1-5(10)4-11-8(12)6-2-7(3-6)9(11)13/h5-7H,2-4,10H2,1H3. The predicted molar refractivity (Wildman–Crippen MR) is 46.6 cm³/mol. The van der Waals surface area contributed by atoms with E-state index < -0.39 is 0 Å². The van der Waals surface area contributed by atoms with Gasteiger partial charge in [0.25, 0.3) is 0 Å². The van der Waals surface area contributed by atoms with Gasteiger partial charge in [0.1, 0.15) is 0 Å². The van der Waals surface area contributed by atoms with Crippen LogP contribution in [0.4, 0.5) is 0 Å². The van der Waals surface area contributed by atoms with Gasteiger partial charge in [0.2, 0.25) is 11.8 Å². The predicted octanol–water partition coefficient (Wildman–Crippen LogP) is -0.271. The molecule has 0 aromatic heterocycles. The molecule has 0 radical (unpaired) electrons. The van der Waals surface area contributed by atoms with Crippen LogP contribution in [0.3, 0.4) is 0 Å². The first-order valence-electron chi connectivity index (χ1n) is 4.70. The van der Waals surface area contributed by atoms with Crippen LogP contribution in [0.2, 0.25) is 0 Å². The number of nitrogens with zero attached hydrogens (tertiary/aromatic N) is 1. The molecule has 1 aliphatic carbocycles. The molecule has 2 N–H and O–H groups in total. The molecule has 2 amide bonds. The lowest BCUT2D eigenvalue weighted by molar-refractivity contribution is -0.165. The lowest BCUT2D eigenvalue weighted by Crippen LogP contribution is -2.58. The molecule has 3 aliphatic rings. The first-order chi connectivity index (χ1) is 6.09. The number of fused-ring (bicyclic) bond motifs is 2. The zero-order chi connectivity index (χ0) is 9.59. The van der Waals surface area contributed by atoms with Gasteiger partial charge in [-0.2, -0.15) is 0 Å². The van der Waals surface area contributed by atoms with E-state index in [0.717, 1.165) is 12.8 Å². The summed E-state index contributed by atoms with van der Waals surface area (Å²) in [6.45, 7) is 2.19. The maximum atomic E-state index is 11.6. The number of rotatable bonds is 2. The minimum absolute atomic E-state index is 0.00944. The molecule has 0 aromatic rings. The smallest absolute Gasteiger partial charge is 0.232 e. The summed E-state index contributed by atoms with van der Waals surface area (Å²) in [5.41, 5.74) is 5.56. The number of carbonyl (C=O) groups is 2. The van der Waals surface area contributed by atoms with Crippen LogP contribution in [-0.2, 0) is 9.59 Å². The molecule has 1 saturated carbocycles. The Balaban J connectivity index is 2.09. The number of carbonyl (C=O) groups excluding carboxylic acids is 2. The molecule has 3 rings (SSSR count). The molecule has 2 bridgehead atoms. The highest BCUT2D eigenvalue weighted by atomic mass is 16.2. The quantitative estimate of drug-likeness (QED) is 0.598. The minimum atomic E-state index is -0.120. The van der Waals surface area contributed by atoms with E-state index in [2.05, 4.69) is 0 Å². The fourth-order valence-corrected chi connectivity index (χ4v) is 2.04. The van der Waals surface area contributed by atoms with Crippen LogP contribution in [-0.4, -0.2) is 29.3 Å². The van der Waals surface area contributed by atoms with E-state index in [9.17, 15) is 9.59 Å². The second-order valence-corrected chi connectivity index (χ2v) is 4.13. The summed E-state index contributed by atoms with van der Waals surface area (Å²) in [6, 6.07) is -0.120. The summed E-state index contributed by atoms with van der Waals surface area (Å²) in [4.78, 5) is 24.5. The molecule has 2 heterocycles. The van der Waals surface area contributed by atoms with Crippen molar-refractivity contribution in [3.05, 3.63) is 0 Å². The van der Waals surface area contributed by atoms with Crippen LogP contribution in [0, 0.1) is 11.8 Å². The molecule has 3 fully saturated rings. The Labute approximate surface area is 77.1 Å². The van der Waals surface area contributed by atoms with Gasteiger partial charge in [-0.15, -0.1) is 0 Å². The highest BCUT2D eigenvalue weighted by Gasteiger charge is 2.49. The Kier molecular flexibility index (Phi) is 1.87. The summed E-state index contributed by atoms with van der Waals surface area (Å²) in [7, 11) is 0. The van der Waals surface area contributed by atoms with E-state index >= 15 is 0 Å². The molecule has 0 spiro atoms. The van der Waals surface area contributed by atoms with Crippen LogP contribution in [0.1, 0.15) is 19.8 Å². The molecule has 4 heteroatoms. The summed E-state index contributed by atoms with van der Waals surface area (Å²) in [5.74, 6) is 0.206. The number of piperidine rings is 2. The van der Waals surface area contributed by atoms with Crippen molar-refractivity contribution < 1.29 is 9.59 Å². The Bertz CT molecular complexity index is 236. The third kappa shape index (κ3) is 1.25. The van der Waals surface area contributed by atoms with Crippen molar-refractivity contribution in [2.75, 3.05) is 6.54 Å². The van der Waals surface area contributed by atoms with Crippen molar-refractivity contribution in [2.45, 2.75) is 25.8 Å². The molecule has 2 aliphatic heterocycles. The van der Waals surface area contributed by atoms with Gasteiger partial charge in [0.15, 0.2) is 0 Å². The third-order valence-electron chi connectivity index (χ3n) is 2.84. The third-order valence-corrected chi connectivity index (χ3v) is 2.84. The van der Waals surface area contributed by atoms with E-state index in [-0.39, 0.29) is 29.7 Å². The fourth-order valence-electron chi connectivity index (χ4n) is 2.04. The molecule has 4 nitrogen and oxygen atoms in total. The first-order valence-corrected chi connectivity index (χ1v) is 4.70. The maximum Gasteiger partial charge on any atom is 0.232 e. The van der Waals surface area contributed by atoms with Crippen LogP contribution in [0.25, 0.3) is 0 Å². The minimum Gasteiger partial charge on any atom is -0.326 e. The van der Waals surface area contributed by atoms with Crippen LogP contribution in [0.15, 0.2) is 0 Å². The fraction of sp³-hybridized carbons (Fsp3) is 0.778. The number of hydrogen-bond donors (Lipinski definition) is 1. The van der Waals surface area contributed by atoms with Gasteiger partial charge in [0.05, 0.1) is 0 Å². The van der Waals surface area contributed by atoms with Crippen LogP contribution in [0.5, 0.6) is 0 Å². The van der Waals surface area contributed by atoms with Gasteiger partial charge in [-0.25, -0.2) is 0 Å². The first kappa shape index (κ1) is 8.69. The van der Waals surface area contributed by atoms with E-state index in [4.69, 9.17) is 5.73 Å². The molecule has 0 aromatic carbocycles. The van der Waals surface area contributed by atoms with Crippen molar-refractivity contribution >= 4 is 11.8 Å². The maximum absolute atomic E-state index is 11.6. The average molecular weight is 182 g/mol. The Morgan fingerprint density at radius 3 is 2.23 bits per heavy atom. The van der Waals surface area contributed by atoms with Crippen molar-refractivity contribution in [3.63, 3.8) is 0 Å². The van der Waals surface area contributed by atoms with Crippen molar-refractivity contribution in [2.24, 2.45) is 17.6 Å². The molecule has 2 saturated heterocycles. The Hall–Kier alpha value is -0.900. The topological polar surface area (TPSA) is 63.4 Å².